The molecule has 0 saturated carbocycles. The lowest BCUT2D eigenvalue weighted by molar-refractivity contribution is -0.870. The summed E-state index contributed by atoms with van der Waals surface area (Å²) in [6, 6.07) is -0.895. The number of rotatable bonds is 52. The molecule has 0 heterocycles. The SMILES string of the molecule is CC/C=C/C=C/C=C\CCCCCCCC(=O)NC(COP(=O)([O-])OCC[N+](C)(C)C)C(/C=C\CCCCCCCCCCC)OC(=O)CCCCCCCCCCCCCCCCCCCCC. The van der Waals surface area contributed by atoms with Crippen molar-refractivity contribution in [2.45, 2.75) is 277 Å². The number of allylic oxidation sites excluding steroid dienone is 7. The monoisotopic (exact) mass is 991 g/mol. The summed E-state index contributed by atoms with van der Waals surface area (Å²) in [6.07, 6.45) is 59.4. The van der Waals surface area contributed by atoms with Gasteiger partial charge in [0.25, 0.3) is 7.82 Å². The number of phosphoric acid groups is 1. The topological polar surface area (TPSA) is 114 Å². The molecule has 0 aromatic heterocycles. The number of amides is 1. The van der Waals surface area contributed by atoms with Gasteiger partial charge in [-0.3, -0.25) is 14.2 Å². The lowest BCUT2D eigenvalue weighted by Crippen LogP contribution is -2.47. The summed E-state index contributed by atoms with van der Waals surface area (Å²) in [5.74, 6) is -0.558. The Hall–Kier alpha value is -2.03. The van der Waals surface area contributed by atoms with E-state index in [-0.39, 0.29) is 24.9 Å². The molecule has 0 aliphatic rings. The van der Waals surface area contributed by atoms with Crippen LogP contribution in [0.15, 0.2) is 48.6 Å². The van der Waals surface area contributed by atoms with Crippen LogP contribution in [0, 0.1) is 0 Å². The number of carbonyl (C=O) groups is 2. The highest BCUT2D eigenvalue weighted by Crippen LogP contribution is 2.38. The minimum Gasteiger partial charge on any atom is -0.756 e. The predicted molar refractivity (Wildman–Crippen MR) is 293 cm³/mol. The molecule has 0 aromatic rings. The van der Waals surface area contributed by atoms with E-state index in [1.54, 1.807) is 0 Å². The van der Waals surface area contributed by atoms with E-state index in [9.17, 15) is 19.0 Å². The zero-order valence-electron chi connectivity index (χ0n) is 46.0. The average Bonchev–Trinajstić information content (AvgIpc) is 3.31. The van der Waals surface area contributed by atoms with Gasteiger partial charge in [-0.15, -0.1) is 0 Å². The zero-order valence-corrected chi connectivity index (χ0v) is 46.9. The Kier molecular flexibility index (Phi) is 48.1. The summed E-state index contributed by atoms with van der Waals surface area (Å²) in [6.45, 7) is 6.70. The van der Waals surface area contributed by atoms with Gasteiger partial charge in [-0.1, -0.05) is 250 Å². The molecule has 0 aromatic carbocycles. The Morgan fingerprint density at radius 3 is 1.38 bits per heavy atom. The van der Waals surface area contributed by atoms with E-state index in [1.165, 1.54) is 148 Å². The summed E-state index contributed by atoms with van der Waals surface area (Å²) in [5, 5.41) is 3.01. The van der Waals surface area contributed by atoms with Crippen LogP contribution >= 0.6 is 7.82 Å². The van der Waals surface area contributed by atoms with Gasteiger partial charge >= 0.3 is 5.97 Å². The van der Waals surface area contributed by atoms with E-state index in [0.717, 1.165) is 77.0 Å². The van der Waals surface area contributed by atoms with Gasteiger partial charge in [0.05, 0.1) is 33.8 Å². The molecule has 9 nitrogen and oxygen atoms in total. The molecule has 1 amide bonds. The van der Waals surface area contributed by atoms with Gasteiger partial charge < -0.3 is 28.5 Å². The fraction of sp³-hybridized carbons (Fsp3) is 0.831. The van der Waals surface area contributed by atoms with E-state index in [0.29, 0.717) is 23.9 Å². The fourth-order valence-electron chi connectivity index (χ4n) is 8.35. The first-order chi connectivity index (χ1) is 33.4. The molecule has 0 aliphatic carbocycles. The molecule has 0 rings (SSSR count). The maximum Gasteiger partial charge on any atom is 0.306 e. The number of hydrogen-bond donors (Lipinski definition) is 1. The van der Waals surface area contributed by atoms with Gasteiger partial charge in [-0.25, -0.2) is 0 Å². The normalized spacial score (nSPS) is 14.1. The van der Waals surface area contributed by atoms with Crippen LogP contribution in [0.1, 0.15) is 265 Å². The van der Waals surface area contributed by atoms with Crippen molar-refractivity contribution in [3.63, 3.8) is 0 Å². The molecule has 69 heavy (non-hydrogen) atoms. The number of unbranched alkanes of at least 4 members (excludes halogenated alkanes) is 32. The van der Waals surface area contributed by atoms with Crippen molar-refractivity contribution in [2.24, 2.45) is 0 Å². The second kappa shape index (κ2) is 49.5. The van der Waals surface area contributed by atoms with Gasteiger partial charge in [0.2, 0.25) is 5.91 Å². The molecule has 0 aliphatic heterocycles. The highest BCUT2D eigenvalue weighted by molar-refractivity contribution is 7.45. The number of nitrogens with one attached hydrogen (secondary N) is 1. The lowest BCUT2D eigenvalue weighted by Gasteiger charge is -2.30. The van der Waals surface area contributed by atoms with Crippen LogP contribution in [0.2, 0.25) is 0 Å². The van der Waals surface area contributed by atoms with Crippen LogP contribution in [0.4, 0.5) is 0 Å². The van der Waals surface area contributed by atoms with Crippen molar-refractivity contribution >= 4 is 19.7 Å². The summed E-state index contributed by atoms with van der Waals surface area (Å²) in [4.78, 5) is 39.8. The summed E-state index contributed by atoms with van der Waals surface area (Å²) >= 11 is 0. The van der Waals surface area contributed by atoms with Gasteiger partial charge in [-0.2, -0.15) is 0 Å². The second-order valence-corrected chi connectivity index (χ2v) is 22.2. The molecule has 0 fully saturated rings. The van der Waals surface area contributed by atoms with Gasteiger partial charge in [0.15, 0.2) is 0 Å². The number of quaternary nitrogens is 1. The first-order valence-electron chi connectivity index (χ1n) is 29.0. The first-order valence-corrected chi connectivity index (χ1v) is 30.4. The quantitative estimate of drug-likeness (QED) is 0.0161. The van der Waals surface area contributed by atoms with Crippen molar-refractivity contribution < 1.29 is 37.3 Å². The second-order valence-electron chi connectivity index (χ2n) is 20.8. The predicted octanol–water partition coefficient (Wildman–Crippen LogP) is 16.7. The third kappa shape index (κ3) is 50.7. The molecule has 0 saturated heterocycles. The molecular weight excluding hydrogens is 880 g/mol. The van der Waals surface area contributed by atoms with Crippen LogP contribution < -0.4 is 10.2 Å². The molecule has 0 bridgehead atoms. The largest absolute Gasteiger partial charge is 0.756 e. The third-order valence-electron chi connectivity index (χ3n) is 12.8. The number of nitrogens with zero attached hydrogens (tertiary/aromatic N) is 1. The maximum absolute atomic E-state index is 13.4. The number of ether oxygens (including phenoxy) is 1. The van der Waals surface area contributed by atoms with Crippen molar-refractivity contribution in [3.8, 4) is 0 Å². The van der Waals surface area contributed by atoms with E-state index < -0.39 is 26.6 Å². The molecule has 10 heteroatoms. The molecule has 3 atom stereocenters. The fourth-order valence-corrected chi connectivity index (χ4v) is 9.07. The Morgan fingerprint density at radius 2 is 0.928 bits per heavy atom. The smallest absolute Gasteiger partial charge is 0.306 e. The summed E-state index contributed by atoms with van der Waals surface area (Å²) in [7, 11) is 1.17. The Balaban J connectivity index is 5.25. The standard InChI is InChI=1S/C59H111N2O7P/c1-7-10-13-16-19-22-25-27-28-29-30-31-32-34-37-40-43-46-49-52-59(63)68-57(50-47-44-41-38-35-24-21-18-15-12-9-3)56(55-67-69(64,65)66-54-53-61(4,5)6)60-58(62)51-48-45-42-39-36-33-26-23-20-17-14-11-8-2/h11,14,17,20,23,26,47,50,56-57H,7-10,12-13,15-16,18-19,21-22,24-25,27-46,48-49,51-55H2,1-6H3,(H-,60,62,64,65)/b14-11+,20-17+,26-23-,50-47-. The molecule has 1 N–H and O–H groups in total. The molecule has 0 radical (unpaired) electrons. The number of likely N-dealkylation sites (N-methyl/N-ethyl adjacent to an activating group) is 1. The van der Waals surface area contributed by atoms with E-state index in [2.05, 4.69) is 56.5 Å². The number of phosphoric ester groups is 1. The minimum atomic E-state index is -4.69. The van der Waals surface area contributed by atoms with Gasteiger partial charge in [0, 0.05) is 12.8 Å². The van der Waals surface area contributed by atoms with Crippen molar-refractivity contribution in [2.75, 3.05) is 40.9 Å². The average molecular weight is 992 g/mol. The first kappa shape index (κ1) is 67.0. The number of hydrogen-bond acceptors (Lipinski definition) is 7. The maximum atomic E-state index is 13.4. The zero-order chi connectivity index (χ0) is 50.8. The third-order valence-corrected chi connectivity index (χ3v) is 13.8. The van der Waals surface area contributed by atoms with Crippen LogP contribution in [0.5, 0.6) is 0 Å². The minimum absolute atomic E-state index is 0.0260. The van der Waals surface area contributed by atoms with E-state index >= 15 is 0 Å². The van der Waals surface area contributed by atoms with Crippen molar-refractivity contribution in [3.05, 3.63) is 48.6 Å². The Labute approximate surface area is 427 Å². The Bertz CT molecular complexity index is 1330. The molecule has 404 valence electrons. The van der Waals surface area contributed by atoms with Crippen LogP contribution in [0.25, 0.3) is 0 Å². The van der Waals surface area contributed by atoms with Gasteiger partial charge in [-0.05, 0) is 51.0 Å². The molecular formula is C59H111N2O7P. The highest BCUT2D eigenvalue weighted by atomic mass is 31.2. The molecule has 3 unspecified atom stereocenters. The van der Waals surface area contributed by atoms with Crippen LogP contribution in [-0.2, 0) is 27.9 Å². The van der Waals surface area contributed by atoms with E-state index in [1.807, 2.05) is 39.4 Å². The van der Waals surface area contributed by atoms with E-state index in [4.69, 9.17) is 13.8 Å². The molecule has 0 spiro atoms. The lowest BCUT2D eigenvalue weighted by atomic mass is 10.0. The van der Waals surface area contributed by atoms with Crippen LogP contribution in [-0.4, -0.2) is 69.4 Å². The highest BCUT2D eigenvalue weighted by Gasteiger charge is 2.27. The van der Waals surface area contributed by atoms with Crippen molar-refractivity contribution in [1.29, 1.82) is 0 Å². The van der Waals surface area contributed by atoms with Crippen LogP contribution in [0.3, 0.4) is 0 Å². The summed E-state index contributed by atoms with van der Waals surface area (Å²) < 4.78 is 30.2. The Morgan fingerprint density at radius 1 is 0.522 bits per heavy atom. The van der Waals surface area contributed by atoms with Crippen molar-refractivity contribution in [1.82, 2.24) is 5.32 Å². The number of carbonyl (C=O) groups excluding carboxylic acids is 2. The number of esters is 1. The summed E-state index contributed by atoms with van der Waals surface area (Å²) in [5.41, 5.74) is 0. The van der Waals surface area contributed by atoms with Gasteiger partial charge in [0.1, 0.15) is 19.3 Å².